The van der Waals surface area contributed by atoms with Crippen molar-refractivity contribution < 1.29 is 9.84 Å². The number of aromatic nitrogens is 2. The summed E-state index contributed by atoms with van der Waals surface area (Å²) in [7, 11) is 0. The molecular formula is C11H17BrN2O2. The average Bonchev–Trinajstić information content (AvgIpc) is 2.64. The van der Waals surface area contributed by atoms with Crippen LogP contribution in [0.5, 0.6) is 5.75 Å². The van der Waals surface area contributed by atoms with Crippen LogP contribution in [-0.4, -0.2) is 27.6 Å². The van der Waals surface area contributed by atoms with Crippen molar-refractivity contribution in [2.75, 3.05) is 6.61 Å². The van der Waals surface area contributed by atoms with E-state index in [1.165, 1.54) is 19.3 Å². The standard InChI is InChI=1S/C11H17BrN2O2/c12-11-10(8-13-14(11)6-7-15)16-9-4-2-1-3-5-9/h8-9,15H,1-7H2. The highest BCUT2D eigenvalue weighted by molar-refractivity contribution is 9.10. The number of aliphatic hydroxyl groups excluding tert-OH is 1. The highest BCUT2D eigenvalue weighted by Crippen LogP contribution is 2.29. The highest BCUT2D eigenvalue weighted by atomic mass is 79.9. The molecule has 5 heteroatoms. The zero-order valence-corrected chi connectivity index (χ0v) is 10.8. The Hall–Kier alpha value is -0.550. The van der Waals surface area contributed by atoms with Crippen molar-refractivity contribution in [1.29, 1.82) is 0 Å². The Morgan fingerprint density at radius 3 is 2.88 bits per heavy atom. The van der Waals surface area contributed by atoms with Gasteiger partial charge in [0, 0.05) is 0 Å². The normalized spacial score (nSPS) is 17.6. The Balaban J connectivity index is 1.97. The number of nitrogens with zero attached hydrogens (tertiary/aromatic N) is 2. The zero-order chi connectivity index (χ0) is 11.4. The molecule has 0 aliphatic heterocycles. The van der Waals surface area contributed by atoms with Gasteiger partial charge in [0.15, 0.2) is 5.75 Å². The van der Waals surface area contributed by atoms with Crippen LogP contribution in [0.15, 0.2) is 10.8 Å². The molecular weight excluding hydrogens is 272 g/mol. The summed E-state index contributed by atoms with van der Waals surface area (Å²) in [6.45, 7) is 0.581. The van der Waals surface area contributed by atoms with E-state index in [0.717, 1.165) is 23.2 Å². The van der Waals surface area contributed by atoms with Gasteiger partial charge in [-0.15, -0.1) is 0 Å². The number of aliphatic hydroxyl groups is 1. The molecule has 0 aromatic carbocycles. The van der Waals surface area contributed by atoms with Crippen molar-refractivity contribution in [3.8, 4) is 5.75 Å². The first-order chi connectivity index (χ1) is 7.81. The molecule has 1 aliphatic carbocycles. The summed E-state index contributed by atoms with van der Waals surface area (Å²) < 4.78 is 8.43. The van der Waals surface area contributed by atoms with E-state index in [9.17, 15) is 0 Å². The fraction of sp³-hybridized carbons (Fsp3) is 0.727. The molecule has 1 aliphatic rings. The molecule has 1 heterocycles. The van der Waals surface area contributed by atoms with Crippen molar-refractivity contribution in [3.05, 3.63) is 10.8 Å². The second-order valence-corrected chi connectivity index (χ2v) is 4.88. The van der Waals surface area contributed by atoms with E-state index in [1.54, 1.807) is 10.9 Å². The molecule has 1 aromatic heterocycles. The van der Waals surface area contributed by atoms with Crippen molar-refractivity contribution in [2.24, 2.45) is 0 Å². The molecule has 2 rings (SSSR count). The van der Waals surface area contributed by atoms with Crippen molar-refractivity contribution >= 4 is 15.9 Å². The first-order valence-electron chi connectivity index (χ1n) is 5.80. The summed E-state index contributed by atoms with van der Waals surface area (Å²) in [6, 6.07) is 0. The molecule has 0 spiro atoms. The fourth-order valence-corrected chi connectivity index (χ4v) is 2.51. The molecule has 1 aromatic rings. The van der Waals surface area contributed by atoms with Gasteiger partial charge < -0.3 is 9.84 Å². The first kappa shape index (κ1) is 11.9. The minimum atomic E-state index is 0.0865. The maximum Gasteiger partial charge on any atom is 0.172 e. The molecule has 0 radical (unpaired) electrons. The smallest absolute Gasteiger partial charge is 0.172 e. The van der Waals surface area contributed by atoms with Gasteiger partial charge >= 0.3 is 0 Å². The molecule has 90 valence electrons. The third-order valence-electron chi connectivity index (χ3n) is 2.90. The number of hydrogen-bond donors (Lipinski definition) is 1. The van der Waals surface area contributed by atoms with E-state index in [0.29, 0.717) is 12.6 Å². The lowest BCUT2D eigenvalue weighted by Crippen LogP contribution is -2.19. The van der Waals surface area contributed by atoms with E-state index in [2.05, 4.69) is 21.0 Å². The van der Waals surface area contributed by atoms with Gasteiger partial charge in [0.05, 0.1) is 25.5 Å². The topological polar surface area (TPSA) is 47.3 Å². The zero-order valence-electron chi connectivity index (χ0n) is 9.23. The SMILES string of the molecule is OCCn1ncc(OC2CCCCC2)c1Br. The Kier molecular flexibility index (Phi) is 4.23. The second kappa shape index (κ2) is 5.68. The summed E-state index contributed by atoms with van der Waals surface area (Å²) in [5.41, 5.74) is 0. The Morgan fingerprint density at radius 1 is 1.44 bits per heavy atom. The fourth-order valence-electron chi connectivity index (χ4n) is 2.05. The lowest BCUT2D eigenvalue weighted by molar-refractivity contribution is 0.153. The predicted octanol–water partition coefficient (Wildman–Crippen LogP) is 2.35. The monoisotopic (exact) mass is 288 g/mol. The van der Waals surface area contributed by atoms with Gasteiger partial charge in [0.25, 0.3) is 0 Å². The van der Waals surface area contributed by atoms with Crippen LogP contribution in [0.1, 0.15) is 32.1 Å². The number of rotatable bonds is 4. The number of hydrogen-bond acceptors (Lipinski definition) is 3. The minimum Gasteiger partial charge on any atom is -0.486 e. The van der Waals surface area contributed by atoms with Gasteiger partial charge in [0.1, 0.15) is 4.60 Å². The van der Waals surface area contributed by atoms with E-state index < -0.39 is 0 Å². The predicted molar refractivity (Wildman–Crippen MR) is 64.5 cm³/mol. The van der Waals surface area contributed by atoms with E-state index >= 15 is 0 Å². The van der Waals surface area contributed by atoms with Crippen LogP contribution in [-0.2, 0) is 6.54 Å². The Morgan fingerprint density at radius 2 is 2.19 bits per heavy atom. The summed E-state index contributed by atoms with van der Waals surface area (Å²) in [6.07, 6.45) is 8.16. The molecule has 16 heavy (non-hydrogen) atoms. The average molecular weight is 289 g/mol. The van der Waals surface area contributed by atoms with Gasteiger partial charge in [-0.3, -0.25) is 4.68 Å². The molecule has 0 amide bonds. The largest absolute Gasteiger partial charge is 0.486 e. The van der Waals surface area contributed by atoms with Crippen LogP contribution >= 0.6 is 15.9 Å². The Labute approximate surface area is 104 Å². The van der Waals surface area contributed by atoms with Crippen LogP contribution in [0, 0.1) is 0 Å². The van der Waals surface area contributed by atoms with Gasteiger partial charge in [-0.25, -0.2) is 0 Å². The minimum absolute atomic E-state index is 0.0865. The lowest BCUT2D eigenvalue weighted by atomic mass is 9.98. The van der Waals surface area contributed by atoms with Crippen LogP contribution in [0.2, 0.25) is 0 Å². The van der Waals surface area contributed by atoms with E-state index in [4.69, 9.17) is 9.84 Å². The van der Waals surface area contributed by atoms with Crippen molar-refractivity contribution in [1.82, 2.24) is 9.78 Å². The van der Waals surface area contributed by atoms with E-state index in [1.807, 2.05) is 0 Å². The van der Waals surface area contributed by atoms with Crippen LogP contribution in [0.25, 0.3) is 0 Å². The quantitative estimate of drug-likeness (QED) is 0.925. The first-order valence-corrected chi connectivity index (χ1v) is 6.59. The van der Waals surface area contributed by atoms with Gasteiger partial charge in [0.2, 0.25) is 0 Å². The Bertz CT molecular complexity index is 335. The third kappa shape index (κ3) is 2.77. The molecule has 1 N–H and O–H groups in total. The molecule has 1 fully saturated rings. The van der Waals surface area contributed by atoms with Gasteiger partial charge in [-0.2, -0.15) is 5.10 Å². The lowest BCUT2D eigenvalue weighted by Gasteiger charge is -2.22. The second-order valence-electron chi connectivity index (χ2n) is 4.12. The summed E-state index contributed by atoms with van der Waals surface area (Å²) in [5.74, 6) is 0.792. The van der Waals surface area contributed by atoms with Crippen molar-refractivity contribution in [3.63, 3.8) is 0 Å². The maximum absolute atomic E-state index is 8.85. The number of ether oxygens (including phenoxy) is 1. The van der Waals surface area contributed by atoms with Crippen LogP contribution < -0.4 is 4.74 Å². The van der Waals surface area contributed by atoms with Crippen LogP contribution in [0.3, 0.4) is 0 Å². The molecule has 0 unspecified atom stereocenters. The van der Waals surface area contributed by atoms with Crippen molar-refractivity contribution in [2.45, 2.75) is 44.8 Å². The molecule has 4 nitrogen and oxygen atoms in total. The number of halogens is 1. The third-order valence-corrected chi connectivity index (χ3v) is 3.70. The summed E-state index contributed by atoms with van der Waals surface area (Å²) in [4.78, 5) is 0. The highest BCUT2D eigenvalue weighted by Gasteiger charge is 2.17. The van der Waals surface area contributed by atoms with Crippen LogP contribution in [0.4, 0.5) is 0 Å². The maximum atomic E-state index is 8.85. The molecule has 1 saturated carbocycles. The van der Waals surface area contributed by atoms with Gasteiger partial charge in [-0.1, -0.05) is 6.42 Å². The molecule has 0 atom stereocenters. The molecule has 0 saturated heterocycles. The van der Waals surface area contributed by atoms with E-state index in [-0.39, 0.29) is 6.61 Å². The van der Waals surface area contributed by atoms with Gasteiger partial charge in [-0.05, 0) is 41.6 Å². The summed E-state index contributed by atoms with van der Waals surface area (Å²) >= 11 is 3.44. The summed E-state index contributed by atoms with van der Waals surface area (Å²) in [5, 5.41) is 13.0. The molecule has 0 bridgehead atoms.